The molecule has 154 valence electrons. The van der Waals surface area contributed by atoms with Crippen LogP contribution in [0.2, 0.25) is 0 Å². The van der Waals surface area contributed by atoms with Crippen LogP contribution >= 0.6 is 22.7 Å². The second-order valence-corrected chi connectivity index (χ2v) is 9.78. The Kier molecular flexibility index (Phi) is 5.39. The van der Waals surface area contributed by atoms with E-state index in [-0.39, 0.29) is 5.56 Å². The third-order valence-electron chi connectivity index (χ3n) is 5.51. The average molecular weight is 438 g/mol. The summed E-state index contributed by atoms with van der Waals surface area (Å²) in [6.45, 7) is 2.92. The fourth-order valence-corrected chi connectivity index (χ4v) is 5.83. The molecule has 0 atom stereocenters. The largest absolute Gasteiger partial charge is 0.486 e. The molecule has 0 spiro atoms. The first kappa shape index (κ1) is 19.5. The molecule has 0 radical (unpaired) electrons. The van der Waals surface area contributed by atoms with Gasteiger partial charge in [-0.1, -0.05) is 24.1 Å². The number of aryl methyl sites for hydroxylation is 3. The molecule has 0 N–H and O–H groups in total. The van der Waals surface area contributed by atoms with E-state index in [4.69, 9.17) is 4.74 Å². The molecule has 5 rings (SSSR count). The van der Waals surface area contributed by atoms with Gasteiger partial charge in [0.25, 0.3) is 5.56 Å². The van der Waals surface area contributed by atoms with Gasteiger partial charge in [-0.25, -0.2) is 9.97 Å². The maximum Gasteiger partial charge on any atom is 0.262 e. The monoisotopic (exact) mass is 437 g/mol. The van der Waals surface area contributed by atoms with Gasteiger partial charge in [-0.05, 0) is 50.3 Å². The van der Waals surface area contributed by atoms with Crippen LogP contribution in [0, 0.1) is 6.92 Å². The van der Waals surface area contributed by atoms with Crippen LogP contribution in [0.4, 0.5) is 0 Å². The Morgan fingerprint density at radius 2 is 1.97 bits per heavy atom. The summed E-state index contributed by atoms with van der Waals surface area (Å²) < 4.78 is 7.52. The lowest BCUT2D eigenvalue weighted by Gasteiger charge is -2.05. The Labute approximate surface area is 183 Å². The summed E-state index contributed by atoms with van der Waals surface area (Å²) in [7, 11) is 0. The van der Waals surface area contributed by atoms with E-state index in [1.54, 1.807) is 33.6 Å². The van der Waals surface area contributed by atoms with Crippen molar-refractivity contribution in [1.82, 2.24) is 14.5 Å². The fourth-order valence-electron chi connectivity index (χ4n) is 3.91. The molecule has 0 unspecified atom stereocenters. The number of hydrogen-bond donors (Lipinski definition) is 0. The molecular formula is C23H23N3O2S2. The van der Waals surface area contributed by atoms with E-state index < -0.39 is 0 Å². The Bertz CT molecular complexity index is 1240. The van der Waals surface area contributed by atoms with Gasteiger partial charge in [0.2, 0.25) is 0 Å². The minimum atomic E-state index is 0.0601. The Morgan fingerprint density at radius 3 is 2.83 bits per heavy atom. The second kappa shape index (κ2) is 8.32. The molecule has 0 saturated carbocycles. The molecule has 0 fully saturated rings. The lowest BCUT2D eigenvalue weighted by atomic mass is 10.1. The lowest BCUT2D eigenvalue weighted by molar-refractivity contribution is 0.305. The standard InChI is InChI=1S/C23H23N3O2S2/c1-15-7-9-17(10-8-15)28-12-20-25-16(13-29-20)11-26-14-24-22-21(23(26)27)18-5-3-2-4-6-19(18)30-22/h7-10,13-14H,2-6,11-12H2,1H3. The summed E-state index contributed by atoms with van der Waals surface area (Å²) >= 11 is 3.26. The number of fused-ring (bicyclic) bond motifs is 3. The van der Waals surface area contributed by atoms with Crippen molar-refractivity contribution in [1.29, 1.82) is 0 Å². The van der Waals surface area contributed by atoms with Crippen LogP contribution in [-0.4, -0.2) is 14.5 Å². The second-order valence-electron chi connectivity index (χ2n) is 7.76. The number of nitrogens with zero attached hydrogens (tertiary/aromatic N) is 3. The molecule has 5 nitrogen and oxygen atoms in total. The van der Waals surface area contributed by atoms with Gasteiger partial charge in [-0.3, -0.25) is 9.36 Å². The van der Waals surface area contributed by atoms with Crippen LogP contribution in [0.5, 0.6) is 5.75 Å². The van der Waals surface area contributed by atoms with Crippen molar-refractivity contribution in [2.45, 2.75) is 52.2 Å². The van der Waals surface area contributed by atoms with E-state index in [0.717, 1.165) is 45.9 Å². The summed E-state index contributed by atoms with van der Waals surface area (Å²) in [4.78, 5) is 24.7. The van der Waals surface area contributed by atoms with E-state index in [2.05, 4.69) is 16.9 Å². The molecule has 7 heteroatoms. The Balaban J connectivity index is 1.34. The highest BCUT2D eigenvalue weighted by Gasteiger charge is 2.19. The van der Waals surface area contributed by atoms with Gasteiger partial charge in [0.05, 0.1) is 24.0 Å². The van der Waals surface area contributed by atoms with Gasteiger partial charge >= 0.3 is 0 Å². The van der Waals surface area contributed by atoms with Crippen molar-refractivity contribution in [3.63, 3.8) is 0 Å². The Hall–Kier alpha value is -2.51. The normalized spacial score (nSPS) is 13.9. The highest BCUT2D eigenvalue weighted by Crippen LogP contribution is 2.32. The number of rotatable bonds is 5. The first-order valence-corrected chi connectivity index (χ1v) is 12.0. The first-order valence-electron chi connectivity index (χ1n) is 10.3. The summed E-state index contributed by atoms with van der Waals surface area (Å²) in [6.07, 6.45) is 7.34. The summed E-state index contributed by atoms with van der Waals surface area (Å²) in [5.41, 5.74) is 3.37. The predicted octanol–water partition coefficient (Wildman–Crippen LogP) is 5.12. The molecule has 3 heterocycles. The quantitative estimate of drug-likeness (QED) is 0.407. The third-order valence-corrected chi connectivity index (χ3v) is 7.58. The zero-order chi connectivity index (χ0) is 20.5. The summed E-state index contributed by atoms with van der Waals surface area (Å²) in [5, 5.41) is 3.73. The molecule has 0 bridgehead atoms. The van der Waals surface area contributed by atoms with Crippen molar-refractivity contribution in [3.8, 4) is 5.75 Å². The smallest absolute Gasteiger partial charge is 0.262 e. The van der Waals surface area contributed by atoms with Crippen LogP contribution in [0.25, 0.3) is 10.2 Å². The topological polar surface area (TPSA) is 57.0 Å². The van der Waals surface area contributed by atoms with Gasteiger partial charge in [0, 0.05) is 10.3 Å². The van der Waals surface area contributed by atoms with E-state index >= 15 is 0 Å². The average Bonchev–Trinajstić information content (AvgIpc) is 3.27. The SMILES string of the molecule is Cc1ccc(OCc2nc(Cn3cnc4sc5c(c4c3=O)CCCCC5)cs2)cc1. The lowest BCUT2D eigenvalue weighted by Crippen LogP contribution is -2.21. The third kappa shape index (κ3) is 3.91. The number of thiophene rings is 1. The van der Waals surface area contributed by atoms with E-state index in [9.17, 15) is 4.79 Å². The predicted molar refractivity (Wildman–Crippen MR) is 122 cm³/mol. The van der Waals surface area contributed by atoms with Crippen molar-refractivity contribution < 1.29 is 4.74 Å². The van der Waals surface area contributed by atoms with E-state index in [1.807, 2.05) is 29.6 Å². The van der Waals surface area contributed by atoms with Crippen LogP contribution < -0.4 is 10.3 Å². The number of benzene rings is 1. The number of hydrogen-bond acceptors (Lipinski definition) is 6. The van der Waals surface area contributed by atoms with E-state index in [1.165, 1.54) is 28.8 Å². The molecule has 0 saturated heterocycles. The summed E-state index contributed by atoms with van der Waals surface area (Å²) in [6, 6.07) is 7.99. The minimum absolute atomic E-state index is 0.0601. The molecule has 1 aliphatic rings. The molecule has 30 heavy (non-hydrogen) atoms. The number of aromatic nitrogens is 3. The Morgan fingerprint density at radius 1 is 1.13 bits per heavy atom. The molecular weight excluding hydrogens is 414 g/mol. The fraction of sp³-hybridized carbons (Fsp3) is 0.348. The highest BCUT2D eigenvalue weighted by atomic mass is 32.1. The van der Waals surface area contributed by atoms with Gasteiger partial charge < -0.3 is 4.74 Å². The molecule has 0 amide bonds. The first-order chi connectivity index (χ1) is 14.7. The number of ether oxygens (including phenoxy) is 1. The van der Waals surface area contributed by atoms with Gasteiger partial charge in [-0.2, -0.15) is 0 Å². The van der Waals surface area contributed by atoms with Crippen LogP contribution in [0.15, 0.2) is 40.8 Å². The minimum Gasteiger partial charge on any atom is -0.486 e. The molecule has 1 aliphatic carbocycles. The van der Waals surface area contributed by atoms with E-state index in [0.29, 0.717) is 13.2 Å². The maximum atomic E-state index is 13.2. The molecule has 3 aromatic heterocycles. The van der Waals surface area contributed by atoms with Crippen molar-refractivity contribution >= 4 is 32.9 Å². The maximum absolute atomic E-state index is 13.2. The zero-order valence-corrected chi connectivity index (χ0v) is 18.5. The van der Waals surface area contributed by atoms with Gasteiger partial charge in [0.15, 0.2) is 0 Å². The van der Waals surface area contributed by atoms with Crippen molar-refractivity contribution in [2.24, 2.45) is 0 Å². The summed E-state index contributed by atoms with van der Waals surface area (Å²) in [5.74, 6) is 0.835. The number of thiazole rings is 1. The molecule has 4 aromatic rings. The van der Waals surface area contributed by atoms with Gasteiger partial charge in [0.1, 0.15) is 22.2 Å². The van der Waals surface area contributed by atoms with Crippen molar-refractivity contribution in [2.75, 3.05) is 0 Å². The van der Waals surface area contributed by atoms with Gasteiger partial charge in [-0.15, -0.1) is 22.7 Å². The van der Waals surface area contributed by atoms with Crippen LogP contribution in [0.1, 0.15) is 46.0 Å². The molecule has 0 aliphatic heterocycles. The van der Waals surface area contributed by atoms with Crippen LogP contribution in [-0.2, 0) is 26.0 Å². The zero-order valence-electron chi connectivity index (χ0n) is 16.9. The van der Waals surface area contributed by atoms with Crippen molar-refractivity contribution in [3.05, 3.63) is 73.0 Å². The molecule has 1 aromatic carbocycles. The highest BCUT2D eigenvalue weighted by molar-refractivity contribution is 7.18. The van der Waals surface area contributed by atoms with Crippen LogP contribution in [0.3, 0.4) is 0 Å².